The Morgan fingerprint density at radius 3 is 1.82 bits per heavy atom. The highest BCUT2D eigenvalue weighted by Gasteiger charge is 2.45. The fraction of sp³-hybridized carbons (Fsp3) is 0.171. The van der Waals surface area contributed by atoms with Gasteiger partial charge in [-0.1, -0.05) is 165 Å². The minimum absolute atomic E-state index is 0.0156. The van der Waals surface area contributed by atoms with E-state index in [1.165, 1.54) is 97.2 Å². The lowest BCUT2D eigenvalue weighted by Gasteiger charge is -2.41. The normalized spacial score (nSPS) is 13.5. The van der Waals surface area contributed by atoms with Crippen molar-refractivity contribution < 1.29 is 4.42 Å². The zero-order valence-corrected chi connectivity index (χ0v) is 45.4. The maximum Gasteiger partial charge on any atom is 0.333 e. The zero-order valence-electron chi connectivity index (χ0n) is 44.6. The standard InChI is InChI=1S/C70H58BN3OS/c1-68(2,3)42-26-30-45(31-27-42)72(46-32-28-43(29-33-46)69(4,5)6)47-34-36-57-56(39-47)71-63-52(53-37-44(70(7,8)9)38-55-62-48-18-11-10-17-41(48)25-35-58(62)74(71)64(53)55)40-54-50-20-13-15-24-61(50)76-67(54)65(63)73(57)59-22-16-21-51-49-19-12-14-23-60(49)75-66(51)59/h10-40H,1-9H3. The van der Waals surface area contributed by atoms with Gasteiger partial charge in [-0.2, -0.15) is 0 Å². The average Bonchev–Trinajstić information content (AvgIpc) is 4.05. The van der Waals surface area contributed by atoms with Crippen LogP contribution < -0.4 is 20.7 Å². The molecule has 0 spiro atoms. The smallest absolute Gasteiger partial charge is 0.333 e. The van der Waals surface area contributed by atoms with Crippen LogP contribution >= 0.6 is 11.3 Å². The second-order valence-corrected chi connectivity index (χ2v) is 25.6. The Balaban J connectivity index is 1.11. The molecule has 0 N–H and O–H groups in total. The summed E-state index contributed by atoms with van der Waals surface area (Å²) >= 11 is 1.91. The summed E-state index contributed by atoms with van der Waals surface area (Å²) in [5.41, 5.74) is 20.0. The molecule has 6 heteroatoms. The van der Waals surface area contributed by atoms with E-state index >= 15 is 0 Å². The molecule has 2 aliphatic rings. The topological polar surface area (TPSA) is 24.6 Å². The van der Waals surface area contributed by atoms with Crippen LogP contribution in [0.5, 0.6) is 0 Å². The number of rotatable bonds is 4. The van der Waals surface area contributed by atoms with E-state index in [2.05, 4.69) is 265 Å². The molecule has 10 aromatic carbocycles. The molecule has 3 aromatic heterocycles. The van der Waals surface area contributed by atoms with Crippen molar-refractivity contribution in [2.75, 3.05) is 9.80 Å². The number of hydrogen-bond donors (Lipinski definition) is 0. The molecular formula is C70H58BN3OS. The molecular weight excluding hydrogens is 942 g/mol. The molecule has 368 valence electrons. The fourth-order valence-electron chi connectivity index (χ4n) is 12.9. The highest BCUT2D eigenvalue weighted by atomic mass is 32.1. The second kappa shape index (κ2) is 15.8. The number of fused-ring (bicyclic) bond motifs is 16. The molecule has 0 saturated heterocycles. The molecule has 0 radical (unpaired) electrons. The summed E-state index contributed by atoms with van der Waals surface area (Å²) in [6, 6.07) is 71.4. The molecule has 4 nitrogen and oxygen atoms in total. The third-order valence-electron chi connectivity index (χ3n) is 16.8. The van der Waals surface area contributed by atoms with Gasteiger partial charge in [0, 0.05) is 76.4 Å². The van der Waals surface area contributed by atoms with E-state index in [1.54, 1.807) is 0 Å². The molecule has 0 fully saturated rings. The predicted octanol–water partition coefficient (Wildman–Crippen LogP) is 19.0. The van der Waals surface area contributed by atoms with E-state index in [0.717, 1.165) is 50.4 Å². The summed E-state index contributed by atoms with van der Waals surface area (Å²) in [6.45, 7) is 20.7. The van der Waals surface area contributed by atoms with Gasteiger partial charge in [0.05, 0.1) is 16.1 Å². The Morgan fingerprint density at radius 1 is 0.474 bits per heavy atom. The van der Waals surface area contributed by atoms with Crippen LogP contribution in [-0.2, 0) is 16.2 Å². The van der Waals surface area contributed by atoms with Crippen molar-refractivity contribution in [3.05, 3.63) is 205 Å². The lowest BCUT2D eigenvalue weighted by molar-refractivity contribution is 0.590. The summed E-state index contributed by atoms with van der Waals surface area (Å²) in [4.78, 5) is 5.06. The zero-order chi connectivity index (χ0) is 51.7. The van der Waals surface area contributed by atoms with E-state index in [4.69, 9.17) is 4.42 Å². The molecule has 5 heterocycles. The third kappa shape index (κ3) is 6.49. The number of anilines is 6. The summed E-state index contributed by atoms with van der Waals surface area (Å²) in [5.74, 6) is 0. The van der Waals surface area contributed by atoms with Crippen LogP contribution in [0, 0.1) is 0 Å². The lowest BCUT2D eigenvalue weighted by atomic mass is 9.45. The van der Waals surface area contributed by atoms with Crippen molar-refractivity contribution >= 4 is 138 Å². The summed E-state index contributed by atoms with van der Waals surface area (Å²) < 4.78 is 12.4. The second-order valence-electron chi connectivity index (χ2n) is 24.5. The van der Waals surface area contributed by atoms with Crippen LogP contribution in [-0.4, -0.2) is 11.3 Å². The van der Waals surface area contributed by atoms with Crippen molar-refractivity contribution in [3.63, 3.8) is 0 Å². The molecule has 2 aliphatic heterocycles. The van der Waals surface area contributed by atoms with E-state index in [0.29, 0.717) is 0 Å². The van der Waals surface area contributed by atoms with Gasteiger partial charge in [0.2, 0.25) is 0 Å². The minimum atomic E-state index is -0.191. The summed E-state index contributed by atoms with van der Waals surface area (Å²) in [6.07, 6.45) is 0. The molecule has 0 aliphatic carbocycles. The Morgan fingerprint density at radius 2 is 1.11 bits per heavy atom. The van der Waals surface area contributed by atoms with E-state index in [1.807, 2.05) is 11.3 Å². The van der Waals surface area contributed by atoms with Gasteiger partial charge in [-0.05, 0) is 145 Å². The number of furan rings is 1. The minimum Gasteiger partial charge on any atom is -0.454 e. The van der Waals surface area contributed by atoms with Crippen molar-refractivity contribution in [1.82, 2.24) is 4.48 Å². The van der Waals surface area contributed by atoms with Crippen molar-refractivity contribution in [3.8, 4) is 11.1 Å². The van der Waals surface area contributed by atoms with Crippen LogP contribution in [0.25, 0.3) is 85.8 Å². The highest BCUT2D eigenvalue weighted by Crippen LogP contribution is 2.54. The first-order valence-corrected chi connectivity index (χ1v) is 27.8. The summed E-state index contributed by atoms with van der Waals surface area (Å²) in [7, 11) is 0. The van der Waals surface area contributed by atoms with Crippen molar-refractivity contribution in [1.29, 1.82) is 0 Å². The molecule has 13 aromatic rings. The Labute approximate surface area is 448 Å². The number of nitrogens with zero attached hydrogens (tertiary/aromatic N) is 3. The van der Waals surface area contributed by atoms with Gasteiger partial charge in [-0.25, -0.2) is 0 Å². The Bertz CT molecular complexity index is 4530. The number of benzene rings is 10. The third-order valence-corrected chi connectivity index (χ3v) is 18.0. The summed E-state index contributed by atoms with van der Waals surface area (Å²) in [5, 5.41) is 9.95. The van der Waals surface area contributed by atoms with Gasteiger partial charge in [-0.15, -0.1) is 11.3 Å². The van der Waals surface area contributed by atoms with Crippen LogP contribution in [0.15, 0.2) is 192 Å². The molecule has 0 bridgehead atoms. The molecule has 15 rings (SSSR count). The SMILES string of the molecule is CC(C)(C)c1ccc(N(c2ccc(C(C)(C)C)cc2)c2ccc3c(c2)B2c4c(cc5c(sc6ccccc65)c4N3c3cccc4c3oc3ccccc34)-c3cc(C(C)(C)C)cc4c5c6ccccc6ccc5n2c34)cc1. The first kappa shape index (κ1) is 45.3. The Kier molecular flexibility index (Phi) is 9.40. The largest absolute Gasteiger partial charge is 0.454 e. The average molecular weight is 1000 g/mol. The first-order chi connectivity index (χ1) is 36.6. The predicted molar refractivity (Wildman–Crippen MR) is 328 cm³/mol. The number of para-hydroxylation sites is 2. The molecule has 76 heavy (non-hydrogen) atoms. The van der Waals surface area contributed by atoms with Crippen LogP contribution in [0.2, 0.25) is 0 Å². The lowest BCUT2D eigenvalue weighted by Crippen LogP contribution is -2.56. The van der Waals surface area contributed by atoms with E-state index in [-0.39, 0.29) is 23.1 Å². The maximum atomic E-state index is 7.07. The first-order valence-electron chi connectivity index (χ1n) is 26.9. The maximum absolute atomic E-state index is 7.07. The molecule has 0 unspecified atom stereocenters. The van der Waals surface area contributed by atoms with Gasteiger partial charge in [0.25, 0.3) is 0 Å². The van der Waals surface area contributed by atoms with Crippen LogP contribution in [0.4, 0.5) is 34.1 Å². The van der Waals surface area contributed by atoms with Gasteiger partial charge < -0.3 is 18.7 Å². The molecule has 0 saturated carbocycles. The quantitative estimate of drug-likeness (QED) is 0.164. The van der Waals surface area contributed by atoms with Gasteiger partial charge >= 0.3 is 6.85 Å². The number of aromatic nitrogens is 1. The van der Waals surface area contributed by atoms with E-state index < -0.39 is 0 Å². The molecule has 0 atom stereocenters. The van der Waals surface area contributed by atoms with Gasteiger partial charge in [0.15, 0.2) is 5.58 Å². The highest BCUT2D eigenvalue weighted by molar-refractivity contribution is 7.26. The fourth-order valence-corrected chi connectivity index (χ4v) is 14.1. The van der Waals surface area contributed by atoms with Gasteiger partial charge in [0.1, 0.15) is 5.58 Å². The van der Waals surface area contributed by atoms with Crippen LogP contribution in [0.3, 0.4) is 0 Å². The van der Waals surface area contributed by atoms with E-state index in [9.17, 15) is 0 Å². The van der Waals surface area contributed by atoms with Crippen molar-refractivity contribution in [2.24, 2.45) is 0 Å². The molecule has 0 amide bonds. The number of hydrogen-bond acceptors (Lipinski definition) is 4. The van der Waals surface area contributed by atoms with Crippen molar-refractivity contribution in [2.45, 2.75) is 78.6 Å². The van der Waals surface area contributed by atoms with Gasteiger partial charge in [-0.3, -0.25) is 0 Å². The Hall–Kier alpha value is -8.06. The monoisotopic (exact) mass is 999 g/mol. The van der Waals surface area contributed by atoms with Crippen LogP contribution in [0.1, 0.15) is 79.0 Å². The number of thiophene rings is 1.